The van der Waals surface area contributed by atoms with Crippen LogP contribution in [-0.2, 0) is 0 Å². The lowest BCUT2D eigenvalue weighted by atomic mass is 9.94. The van der Waals surface area contributed by atoms with Crippen LogP contribution in [0.2, 0.25) is 5.02 Å². The standard InChI is InChI=1S/C15H12Br2ClNO/c16-9-2-3-10-13(19)7-14(20-15(10)6-9)8-1-4-12(18)11(17)5-8/h1-6,13-14H,7,19H2. The molecule has 0 fully saturated rings. The van der Waals surface area contributed by atoms with Gasteiger partial charge in [-0.15, -0.1) is 0 Å². The van der Waals surface area contributed by atoms with Gasteiger partial charge >= 0.3 is 0 Å². The van der Waals surface area contributed by atoms with E-state index in [9.17, 15) is 0 Å². The molecule has 3 rings (SSSR count). The van der Waals surface area contributed by atoms with Crippen molar-refractivity contribution in [2.45, 2.75) is 18.6 Å². The fourth-order valence-electron chi connectivity index (χ4n) is 2.39. The summed E-state index contributed by atoms with van der Waals surface area (Å²) in [5, 5.41) is 0.692. The van der Waals surface area contributed by atoms with Gasteiger partial charge in [-0.3, -0.25) is 0 Å². The van der Waals surface area contributed by atoms with Crippen LogP contribution in [0.1, 0.15) is 29.7 Å². The molecule has 2 atom stereocenters. The smallest absolute Gasteiger partial charge is 0.126 e. The molecule has 2 unspecified atom stereocenters. The van der Waals surface area contributed by atoms with E-state index in [0.29, 0.717) is 5.02 Å². The molecule has 0 spiro atoms. The Labute approximate surface area is 139 Å². The zero-order valence-electron chi connectivity index (χ0n) is 10.4. The van der Waals surface area contributed by atoms with E-state index in [1.807, 2.05) is 36.4 Å². The number of benzene rings is 2. The Kier molecular flexibility index (Phi) is 4.09. The Bertz CT molecular complexity index is 662. The summed E-state index contributed by atoms with van der Waals surface area (Å²) < 4.78 is 7.95. The summed E-state index contributed by atoms with van der Waals surface area (Å²) >= 11 is 12.9. The van der Waals surface area contributed by atoms with E-state index < -0.39 is 0 Å². The van der Waals surface area contributed by atoms with Crippen LogP contribution in [0.15, 0.2) is 45.3 Å². The molecule has 0 amide bonds. The minimum absolute atomic E-state index is 0.0219. The molecule has 2 nitrogen and oxygen atoms in total. The van der Waals surface area contributed by atoms with Gasteiger partial charge in [0.25, 0.3) is 0 Å². The second-order valence-electron chi connectivity index (χ2n) is 4.80. The van der Waals surface area contributed by atoms with E-state index in [1.165, 1.54) is 0 Å². The first-order valence-electron chi connectivity index (χ1n) is 6.21. The molecule has 2 aromatic rings. The average Bonchev–Trinajstić information content (AvgIpc) is 2.41. The Morgan fingerprint density at radius 3 is 2.70 bits per heavy atom. The van der Waals surface area contributed by atoms with Crippen LogP contribution in [0.25, 0.3) is 0 Å². The molecule has 0 saturated heterocycles. The number of ether oxygens (including phenoxy) is 1. The maximum Gasteiger partial charge on any atom is 0.126 e. The number of nitrogens with two attached hydrogens (primary N) is 1. The summed E-state index contributed by atoms with van der Waals surface area (Å²) in [5.41, 5.74) is 8.38. The van der Waals surface area contributed by atoms with Crippen molar-refractivity contribution in [1.82, 2.24) is 0 Å². The Hall–Kier alpha value is -0.550. The highest BCUT2D eigenvalue weighted by Gasteiger charge is 2.27. The van der Waals surface area contributed by atoms with E-state index in [2.05, 4.69) is 31.9 Å². The van der Waals surface area contributed by atoms with E-state index in [4.69, 9.17) is 22.1 Å². The lowest BCUT2D eigenvalue weighted by Gasteiger charge is -2.30. The van der Waals surface area contributed by atoms with Gasteiger partial charge in [0.15, 0.2) is 0 Å². The van der Waals surface area contributed by atoms with E-state index in [-0.39, 0.29) is 12.1 Å². The van der Waals surface area contributed by atoms with E-state index in [1.54, 1.807) is 0 Å². The SMILES string of the molecule is NC1CC(c2ccc(Cl)c(Br)c2)Oc2cc(Br)ccc21. The first kappa shape index (κ1) is 14.4. The highest BCUT2D eigenvalue weighted by Crippen LogP contribution is 2.41. The molecule has 1 aliphatic heterocycles. The fourth-order valence-corrected chi connectivity index (χ4v) is 3.25. The lowest BCUT2D eigenvalue weighted by molar-refractivity contribution is 0.161. The summed E-state index contributed by atoms with van der Waals surface area (Å²) in [7, 11) is 0. The van der Waals surface area contributed by atoms with Crippen molar-refractivity contribution in [3.8, 4) is 5.75 Å². The molecule has 20 heavy (non-hydrogen) atoms. The monoisotopic (exact) mass is 415 g/mol. The average molecular weight is 418 g/mol. The van der Waals surface area contributed by atoms with Gasteiger partial charge in [-0.2, -0.15) is 0 Å². The maximum absolute atomic E-state index is 6.26. The van der Waals surface area contributed by atoms with Crippen LogP contribution in [0.4, 0.5) is 0 Å². The Morgan fingerprint density at radius 1 is 1.15 bits per heavy atom. The van der Waals surface area contributed by atoms with Crippen LogP contribution in [0.5, 0.6) is 5.75 Å². The van der Waals surface area contributed by atoms with Crippen LogP contribution < -0.4 is 10.5 Å². The van der Waals surface area contributed by atoms with Crippen LogP contribution in [0, 0.1) is 0 Å². The number of hydrogen-bond donors (Lipinski definition) is 1. The summed E-state index contributed by atoms with van der Waals surface area (Å²) in [5.74, 6) is 0.842. The summed E-state index contributed by atoms with van der Waals surface area (Å²) in [6.07, 6.45) is 0.697. The topological polar surface area (TPSA) is 35.2 Å². The van der Waals surface area contributed by atoms with Gasteiger partial charge in [-0.1, -0.05) is 39.7 Å². The summed E-state index contributed by atoms with van der Waals surface area (Å²) in [6.45, 7) is 0. The van der Waals surface area contributed by atoms with Crippen molar-refractivity contribution in [2.24, 2.45) is 5.73 Å². The zero-order valence-corrected chi connectivity index (χ0v) is 14.4. The Morgan fingerprint density at radius 2 is 1.95 bits per heavy atom. The van der Waals surface area contributed by atoms with Gasteiger partial charge in [0.1, 0.15) is 11.9 Å². The molecule has 1 aliphatic rings. The first-order chi connectivity index (χ1) is 9.54. The molecule has 5 heteroatoms. The molecule has 0 radical (unpaired) electrons. The quantitative estimate of drug-likeness (QED) is 0.675. The van der Waals surface area contributed by atoms with Gasteiger partial charge in [-0.05, 0) is 45.8 Å². The molecule has 2 aromatic carbocycles. The zero-order chi connectivity index (χ0) is 14.3. The van der Waals surface area contributed by atoms with Crippen LogP contribution >= 0.6 is 43.5 Å². The van der Waals surface area contributed by atoms with Crippen LogP contribution in [0.3, 0.4) is 0 Å². The number of hydrogen-bond acceptors (Lipinski definition) is 2. The molecule has 0 bridgehead atoms. The van der Waals surface area contributed by atoms with Crippen LogP contribution in [-0.4, -0.2) is 0 Å². The molecule has 2 N–H and O–H groups in total. The molecular formula is C15H12Br2ClNO. The molecule has 104 valence electrons. The molecule has 0 aromatic heterocycles. The number of fused-ring (bicyclic) bond motifs is 1. The third-order valence-corrected chi connectivity index (χ3v) is 5.13. The Balaban J connectivity index is 1.96. The fraction of sp³-hybridized carbons (Fsp3) is 0.200. The van der Waals surface area contributed by atoms with Gasteiger partial charge in [0, 0.05) is 27.0 Å². The lowest BCUT2D eigenvalue weighted by Crippen LogP contribution is -2.24. The highest BCUT2D eigenvalue weighted by atomic mass is 79.9. The largest absolute Gasteiger partial charge is 0.485 e. The minimum Gasteiger partial charge on any atom is -0.485 e. The van der Waals surface area contributed by atoms with Gasteiger partial charge < -0.3 is 10.5 Å². The molecular weight excluding hydrogens is 405 g/mol. The van der Waals surface area contributed by atoms with Crippen molar-refractivity contribution >= 4 is 43.5 Å². The van der Waals surface area contributed by atoms with Gasteiger partial charge in [0.05, 0.1) is 5.02 Å². The third-order valence-electron chi connectivity index (χ3n) is 3.43. The van der Waals surface area contributed by atoms with E-state index >= 15 is 0 Å². The normalized spacial score (nSPS) is 21.2. The van der Waals surface area contributed by atoms with Crippen molar-refractivity contribution in [3.05, 3.63) is 61.5 Å². The molecule has 0 aliphatic carbocycles. The van der Waals surface area contributed by atoms with Crippen molar-refractivity contribution < 1.29 is 4.74 Å². The minimum atomic E-state index is -0.0552. The van der Waals surface area contributed by atoms with Gasteiger partial charge in [0.2, 0.25) is 0 Å². The van der Waals surface area contributed by atoms with Gasteiger partial charge in [-0.25, -0.2) is 0 Å². The first-order valence-corrected chi connectivity index (χ1v) is 8.17. The summed E-state index contributed by atoms with van der Waals surface area (Å²) in [4.78, 5) is 0. The highest BCUT2D eigenvalue weighted by molar-refractivity contribution is 9.10. The van der Waals surface area contributed by atoms with Crippen molar-refractivity contribution in [3.63, 3.8) is 0 Å². The third kappa shape index (κ3) is 2.75. The second kappa shape index (κ2) is 5.68. The predicted octanol–water partition coefficient (Wildman–Crippen LogP) is 5.39. The molecule has 0 saturated carbocycles. The molecule has 1 heterocycles. The second-order valence-corrected chi connectivity index (χ2v) is 6.98. The van der Waals surface area contributed by atoms with Crippen molar-refractivity contribution in [1.29, 1.82) is 0 Å². The predicted molar refractivity (Wildman–Crippen MR) is 88.2 cm³/mol. The number of rotatable bonds is 1. The van der Waals surface area contributed by atoms with E-state index in [0.717, 1.165) is 32.2 Å². The summed E-state index contributed by atoms with van der Waals surface area (Å²) in [6, 6.07) is 11.8. The number of halogens is 3. The van der Waals surface area contributed by atoms with Crippen molar-refractivity contribution in [2.75, 3.05) is 0 Å². The maximum atomic E-state index is 6.26.